The maximum absolute atomic E-state index is 12.9. The van der Waals surface area contributed by atoms with E-state index in [-0.39, 0.29) is 11.8 Å². The minimum absolute atomic E-state index is 0.118. The van der Waals surface area contributed by atoms with Gasteiger partial charge in [-0.05, 0) is 19.1 Å². The van der Waals surface area contributed by atoms with Crippen LogP contribution in [0.1, 0.15) is 40.6 Å². The monoisotopic (exact) mass is 388 g/mol. The molecule has 2 aliphatic heterocycles. The second kappa shape index (κ2) is 6.88. The molecule has 2 aromatic rings. The molecule has 0 radical (unpaired) electrons. The van der Waals surface area contributed by atoms with Crippen molar-refractivity contribution in [3.05, 3.63) is 46.7 Å². The van der Waals surface area contributed by atoms with E-state index in [0.717, 1.165) is 0 Å². The van der Waals surface area contributed by atoms with Gasteiger partial charge in [0.05, 0.1) is 23.3 Å². The number of halogens is 1. The molecule has 2 aliphatic rings. The van der Waals surface area contributed by atoms with Crippen LogP contribution in [0.15, 0.2) is 30.5 Å². The maximum atomic E-state index is 12.9. The van der Waals surface area contributed by atoms with Crippen LogP contribution in [0.2, 0.25) is 5.02 Å². The molecule has 2 amide bonds. The standard InChI is InChI=1S/C19H21ClN4O3/c1-2-24-16(14(20)11-22-24)18(26)23-9-7-19(8-10-23)12-21-17(25)13-5-3-4-6-15(13)27-19/h3-6,11H,2,7-10,12H2,1H3,(H,21,25). The summed E-state index contributed by atoms with van der Waals surface area (Å²) >= 11 is 6.17. The number of aryl methyl sites for hydroxylation is 1. The summed E-state index contributed by atoms with van der Waals surface area (Å²) in [6.45, 7) is 3.99. The Labute approximate surface area is 162 Å². The number of aromatic nitrogens is 2. The first kappa shape index (κ1) is 17.9. The number of piperidine rings is 1. The van der Waals surface area contributed by atoms with E-state index in [2.05, 4.69) is 10.4 Å². The molecular formula is C19H21ClN4O3. The van der Waals surface area contributed by atoms with Crippen LogP contribution in [-0.4, -0.2) is 51.7 Å². The molecule has 0 atom stereocenters. The van der Waals surface area contributed by atoms with E-state index in [1.165, 1.54) is 6.20 Å². The first-order valence-electron chi connectivity index (χ1n) is 9.10. The Morgan fingerprint density at radius 1 is 1.33 bits per heavy atom. The van der Waals surface area contributed by atoms with E-state index in [1.54, 1.807) is 15.6 Å². The molecule has 0 saturated carbocycles. The van der Waals surface area contributed by atoms with Crippen LogP contribution in [0.3, 0.4) is 0 Å². The zero-order valence-corrected chi connectivity index (χ0v) is 15.8. The number of likely N-dealkylation sites (tertiary alicyclic amines) is 1. The van der Waals surface area contributed by atoms with Crippen molar-refractivity contribution >= 4 is 23.4 Å². The number of fused-ring (bicyclic) bond motifs is 1. The summed E-state index contributed by atoms with van der Waals surface area (Å²) in [5.41, 5.74) is 0.468. The van der Waals surface area contributed by atoms with Gasteiger partial charge in [0.2, 0.25) is 0 Å². The smallest absolute Gasteiger partial charge is 0.273 e. The second-order valence-electron chi connectivity index (χ2n) is 6.91. The Morgan fingerprint density at radius 3 is 2.81 bits per heavy atom. The molecule has 1 spiro atoms. The average Bonchev–Trinajstić information content (AvgIpc) is 3.01. The van der Waals surface area contributed by atoms with Gasteiger partial charge in [0, 0.05) is 32.5 Å². The molecule has 1 N–H and O–H groups in total. The van der Waals surface area contributed by atoms with Crippen molar-refractivity contribution < 1.29 is 14.3 Å². The topological polar surface area (TPSA) is 76.5 Å². The lowest BCUT2D eigenvalue weighted by Gasteiger charge is -2.41. The molecule has 8 heteroatoms. The fraction of sp³-hybridized carbons (Fsp3) is 0.421. The molecular weight excluding hydrogens is 368 g/mol. The molecule has 1 saturated heterocycles. The lowest BCUT2D eigenvalue weighted by Crippen LogP contribution is -2.54. The van der Waals surface area contributed by atoms with Crippen LogP contribution in [-0.2, 0) is 6.54 Å². The Balaban J connectivity index is 1.51. The number of nitrogens with zero attached hydrogens (tertiary/aromatic N) is 3. The summed E-state index contributed by atoms with van der Waals surface area (Å²) < 4.78 is 7.90. The fourth-order valence-corrected chi connectivity index (χ4v) is 3.93. The van der Waals surface area contributed by atoms with Crippen LogP contribution in [0.4, 0.5) is 0 Å². The van der Waals surface area contributed by atoms with E-state index in [4.69, 9.17) is 16.3 Å². The minimum Gasteiger partial charge on any atom is -0.484 e. The molecule has 0 bridgehead atoms. The van der Waals surface area contributed by atoms with E-state index < -0.39 is 5.60 Å². The highest BCUT2D eigenvalue weighted by Gasteiger charge is 2.41. The predicted octanol–water partition coefficient (Wildman–Crippen LogP) is 2.35. The van der Waals surface area contributed by atoms with Crippen molar-refractivity contribution in [1.82, 2.24) is 20.0 Å². The Morgan fingerprint density at radius 2 is 2.07 bits per heavy atom. The summed E-state index contributed by atoms with van der Waals surface area (Å²) in [7, 11) is 0. The van der Waals surface area contributed by atoms with Gasteiger partial charge in [0.25, 0.3) is 11.8 Å². The van der Waals surface area contributed by atoms with E-state index >= 15 is 0 Å². The van der Waals surface area contributed by atoms with Crippen LogP contribution >= 0.6 is 11.6 Å². The van der Waals surface area contributed by atoms with Crippen molar-refractivity contribution in [2.24, 2.45) is 0 Å². The number of para-hydroxylation sites is 1. The third-order valence-corrected chi connectivity index (χ3v) is 5.56. The number of rotatable bonds is 2. The SMILES string of the molecule is CCn1ncc(Cl)c1C(=O)N1CCC2(CC1)CNC(=O)c1ccccc1O2. The quantitative estimate of drug-likeness (QED) is 0.856. The molecule has 1 aromatic carbocycles. The van der Waals surface area contributed by atoms with Crippen LogP contribution in [0.25, 0.3) is 0 Å². The van der Waals surface area contributed by atoms with Crippen LogP contribution in [0.5, 0.6) is 5.75 Å². The van der Waals surface area contributed by atoms with Gasteiger partial charge in [-0.2, -0.15) is 5.10 Å². The molecule has 1 fully saturated rings. The van der Waals surface area contributed by atoms with Crippen molar-refractivity contribution in [2.45, 2.75) is 31.9 Å². The zero-order valence-electron chi connectivity index (χ0n) is 15.1. The number of hydrogen-bond donors (Lipinski definition) is 1. The Hall–Kier alpha value is -2.54. The van der Waals surface area contributed by atoms with Gasteiger partial charge in [-0.1, -0.05) is 23.7 Å². The fourth-order valence-electron chi connectivity index (χ4n) is 3.71. The molecule has 1 aromatic heterocycles. The number of benzene rings is 1. The summed E-state index contributed by atoms with van der Waals surface area (Å²) in [5, 5.41) is 7.47. The molecule has 27 heavy (non-hydrogen) atoms. The molecule has 3 heterocycles. The van der Waals surface area contributed by atoms with Gasteiger partial charge in [-0.25, -0.2) is 0 Å². The number of nitrogens with one attached hydrogen (secondary N) is 1. The first-order chi connectivity index (χ1) is 13.0. The second-order valence-corrected chi connectivity index (χ2v) is 7.32. The molecule has 0 unspecified atom stereocenters. The summed E-state index contributed by atoms with van der Waals surface area (Å²) in [4.78, 5) is 27.0. The third-order valence-electron chi connectivity index (χ3n) is 5.29. The minimum atomic E-state index is -0.506. The number of amides is 2. The highest BCUT2D eigenvalue weighted by atomic mass is 35.5. The molecule has 142 valence electrons. The number of carbonyl (C=O) groups excluding carboxylic acids is 2. The lowest BCUT2D eigenvalue weighted by molar-refractivity contribution is 0.00733. The largest absolute Gasteiger partial charge is 0.484 e. The number of ether oxygens (including phenoxy) is 1. The highest BCUT2D eigenvalue weighted by Crippen LogP contribution is 2.33. The summed E-state index contributed by atoms with van der Waals surface area (Å²) in [6, 6.07) is 7.26. The van der Waals surface area contributed by atoms with E-state index in [0.29, 0.717) is 61.1 Å². The Kier molecular flexibility index (Phi) is 4.55. The van der Waals surface area contributed by atoms with Gasteiger partial charge < -0.3 is 15.0 Å². The van der Waals surface area contributed by atoms with Gasteiger partial charge in [-0.15, -0.1) is 0 Å². The van der Waals surface area contributed by atoms with Gasteiger partial charge in [0.15, 0.2) is 0 Å². The zero-order chi connectivity index (χ0) is 19.0. The summed E-state index contributed by atoms with van der Waals surface area (Å²) in [5.74, 6) is 0.353. The third kappa shape index (κ3) is 3.16. The van der Waals surface area contributed by atoms with Gasteiger partial charge in [0.1, 0.15) is 17.0 Å². The molecule has 4 rings (SSSR count). The van der Waals surface area contributed by atoms with E-state index in [1.807, 2.05) is 25.1 Å². The van der Waals surface area contributed by atoms with Crippen molar-refractivity contribution in [1.29, 1.82) is 0 Å². The van der Waals surface area contributed by atoms with Gasteiger partial charge in [-0.3, -0.25) is 14.3 Å². The number of carbonyl (C=O) groups is 2. The van der Waals surface area contributed by atoms with Crippen LogP contribution in [0, 0.1) is 0 Å². The lowest BCUT2D eigenvalue weighted by atomic mass is 9.90. The van der Waals surface area contributed by atoms with Crippen molar-refractivity contribution in [3.63, 3.8) is 0 Å². The normalized spacial score (nSPS) is 18.4. The molecule has 0 aliphatic carbocycles. The Bertz CT molecular complexity index is 887. The highest BCUT2D eigenvalue weighted by molar-refractivity contribution is 6.33. The summed E-state index contributed by atoms with van der Waals surface area (Å²) in [6.07, 6.45) is 2.76. The van der Waals surface area contributed by atoms with Crippen molar-refractivity contribution in [3.8, 4) is 5.75 Å². The maximum Gasteiger partial charge on any atom is 0.273 e. The first-order valence-corrected chi connectivity index (χ1v) is 9.47. The predicted molar refractivity (Wildman–Crippen MR) is 100 cm³/mol. The molecule has 7 nitrogen and oxygen atoms in total. The van der Waals surface area contributed by atoms with Gasteiger partial charge >= 0.3 is 0 Å². The van der Waals surface area contributed by atoms with Crippen LogP contribution < -0.4 is 10.1 Å². The van der Waals surface area contributed by atoms with Crippen molar-refractivity contribution in [2.75, 3.05) is 19.6 Å². The number of hydrogen-bond acceptors (Lipinski definition) is 4. The van der Waals surface area contributed by atoms with E-state index in [9.17, 15) is 9.59 Å². The average molecular weight is 389 g/mol.